The fourth-order valence-corrected chi connectivity index (χ4v) is 2.54. The van der Waals surface area contributed by atoms with Crippen molar-refractivity contribution in [2.75, 3.05) is 5.32 Å². The summed E-state index contributed by atoms with van der Waals surface area (Å²) < 4.78 is 13.5. The number of rotatable bonds is 3. The highest BCUT2D eigenvalue weighted by atomic mass is 35.5. The number of hydrogen-bond donors (Lipinski definition) is 2. The lowest BCUT2D eigenvalue weighted by Gasteiger charge is -2.35. The minimum Gasteiger partial charge on any atom is -0.389 e. The van der Waals surface area contributed by atoms with Gasteiger partial charge in [-0.05, 0) is 37.3 Å². The highest BCUT2D eigenvalue weighted by molar-refractivity contribution is 6.28. The van der Waals surface area contributed by atoms with E-state index in [0.717, 1.165) is 19.0 Å². The zero-order chi connectivity index (χ0) is 13.9. The van der Waals surface area contributed by atoms with E-state index in [4.69, 9.17) is 16.9 Å². The van der Waals surface area contributed by atoms with Gasteiger partial charge in [0.25, 0.3) is 0 Å². The van der Waals surface area contributed by atoms with Crippen molar-refractivity contribution in [2.45, 2.75) is 43.7 Å². The van der Waals surface area contributed by atoms with Crippen LogP contribution in [0.5, 0.6) is 0 Å². The van der Waals surface area contributed by atoms with E-state index in [1.54, 1.807) is 0 Å². The third-order valence-corrected chi connectivity index (χ3v) is 3.47. The zero-order valence-corrected chi connectivity index (χ0v) is 11.0. The highest BCUT2D eigenvalue weighted by Crippen LogP contribution is 2.32. The number of nitrogens with zero attached hydrogens (tertiary/aromatic N) is 3. The van der Waals surface area contributed by atoms with Gasteiger partial charge in [0.15, 0.2) is 11.6 Å². The molecule has 102 valence electrons. The molecule has 5 nitrogen and oxygen atoms in total. The number of anilines is 1. The topological polar surface area (TPSA) is 81.8 Å². The molecule has 0 spiro atoms. The van der Waals surface area contributed by atoms with Crippen molar-refractivity contribution >= 4 is 17.4 Å². The SMILES string of the molecule is N#CCC1(O)CCCC(Nc2nc(Cl)ncc2F)C1. The van der Waals surface area contributed by atoms with Crippen molar-refractivity contribution in [2.24, 2.45) is 0 Å². The molecule has 1 heterocycles. The van der Waals surface area contributed by atoms with Crippen LogP contribution in [0.2, 0.25) is 5.28 Å². The van der Waals surface area contributed by atoms with Crippen LogP contribution in [0.3, 0.4) is 0 Å². The average molecular weight is 285 g/mol. The number of aliphatic hydroxyl groups is 1. The Hall–Kier alpha value is -1.45. The Bertz CT molecular complexity index is 507. The van der Waals surface area contributed by atoms with Crippen molar-refractivity contribution in [3.05, 3.63) is 17.3 Å². The highest BCUT2D eigenvalue weighted by Gasteiger charge is 2.34. The third-order valence-electron chi connectivity index (χ3n) is 3.28. The number of hydrogen-bond acceptors (Lipinski definition) is 5. The van der Waals surface area contributed by atoms with E-state index in [0.29, 0.717) is 12.8 Å². The van der Waals surface area contributed by atoms with Crippen LogP contribution in [0, 0.1) is 17.1 Å². The summed E-state index contributed by atoms with van der Waals surface area (Å²) in [7, 11) is 0. The first-order chi connectivity index (χ1) is 9.02. The maximum absolute atomic E-state index is 13.5. The Kier molecular flexibility index (Phi) is 4.17. The van der Waals surface area contributed by atoms with Crippen LogP contribution < -0.4 is 5.32 Å². The third kappa shape index (κ3) is 3.52. The van der Waals surface area contributed by atoms with Crippen LogP contribution >= 0.6 is 11.6 Å². The lowest BCUT2D eigenvalue weighted by atomic mass is 9.80. The molecule has 2 rings (SSSR count). The molecule has 2 N–H and O–H groups in total. The predicted molar refractivity (Wildman–Crippen MR) is 68.1 cm³/mol. The molecule has 1 saturated carbocycles. The van der Waals surface area contributed by atoms with E-state index in [1.165, 1.54) is 0 Å². The Morgan fingerprint density at radius 2 is 2.47 bits per heavy atom. The molecule has 0 amide bonds. The quantitative estimate of drug-likeness (QED) is 0.832. The zero-order valence-electron chi connectivity index (χ0n) is 10.2. The van der Waals surface area contributed by atoms with Gasteiger partial charge in [-0.1, -0.05) is 0 Å². The maximum Gasteiger partial charge on any atom is 0.224 e. The van der Waals surface area contributed by atoms with Gasteiger partial charge in [0.1, 0.15) is 0 Å². The van der Waals surface area contributed by atoms with Crippen LogP contribution in [0.15, 0.2) is 6.20 Å². The van der Waals surface area contributed by atoms with E-state index in [2.05, 4.69) is 15.3 Å². The predicted octanol–water partition coefficient (Wildman–Crippen LogP) is 2.27. The first-order valence-corrected chi connectivity index (χ1v) is 6.44. The lowest BCUT2D eigenvalue weighted by molar-refractivity contribution is 0.00444. The van der Waals surface area contributed by atoms with Gasteiger partial charge in [0, 0.05) is 6.04 Å². The summed E-state index contributed by atoms with van der Waals surface area (Å²) in [5, 5.41) is 21.8. The average Bonchev–Trinajstić information content (AvgIpc) is 2.34. The Balaban J connectivity index is 2.07. The molecule has 1 aromatic heterocycles. The molecule has 0 radical (unpaired) electrons. The Morgan fingerprint density at radius 3 is 3.21 bits per heavy atom. The summed E-state index contributed by atoms with van der Waals surface area (Å²) in [6.07, 6.45) is 3.62. The molecule has 1 aliphatic carbocycles. The summed E-state index contributed by atoms with van der Waals surface area (Å²) in [4.78, 5) is 7.32. The van der Waals surface area contributed by atoms with E-state index < -0.39 is 11.4 Å². The molecular formula is C12H14ClFN4O. The molecule has 2 atom stereocenters. The molecule has 1 aliphatic rings. The summed E-state index contributed by atoms with van der Waals surface area (Å²) in [6.45, 7) is 0. The molecule has 0 bridgehead atoms. The van der Waals surface area contributed by atoms with E-state index in [1.807, 2.05) is 6.07 Å². The molecule has 0 aromatic carbocycles. The molecule has 0 aliphatic heterocycles. The van der Waals surface area contributed by atoms with Crippen molar-refractivity contribution < 1.29 is 9.50 Å². The molecule has 1 fully saturated rings. The molecular weight excluding hydrogens is 271 g/mol. The molecule has 0 saturated heterocycles. The fraction of sp³-hybridized carbons (Fsp3) is 0.583. The summed E-state index contributed by atoms with van der Waals surface area (Å²) >= 11 is 5.62. The van der Waals surface area contributed by atoms with Gasteiger partial charge in [0.2, 0.25) is 5.28 Å². The van der Waals surface area contributed by atoms with Crippen molar-refractivity contribution in [1.29, 1.82) is 5.26 Å². The van der Waals surface area contributed by atoms with Crippen molar-refractivity contribution in [3.63, 3.8) is 0 Å². The second-order valence-corrected chi connectivity index (χ2v) is 5.17. The van der Waals surface area contributed by atoms with Crippen LogP contribution in [0.25, 0.3) is 0 Å². The second-order valence-electron chi connectivity index (χ2n) is 4.83. The van der Waals surface area contributed by atoms with Gasteiger partial charge in [-0.15, -0.1) is 0 Å². The van der Waals surface area contributed by atoms with Crippen LogP contribution in [0.4, 0.5) is 10.2 Å². The smallest absolute Gasteiger partial charge is 0.224 e. The van der Waals surface area contributed by atoms with Crippen LogP contribution in [0.1, 0.15) is 32.1 Å². The summed E-state index contributed by atoms with van der Waals surface area (Å²) in [5.74, 6) is -0.551. The molecule has 1 aromatic rings. The van der Waals surface area contributed by atoms with Gasteiger partial charge < -0.3 is 10.4 Å². The van der Waals surface area contributed by atoms with Gasteiger partial charge in [0.05, 0.1) is 24.3 Å². The normalized spacial score (nSPS) is 26.7. The van der Waals surface area contributed by atoms with E-state index >= 15 is 0 Å². The fourth-order valence-electron chi connectivity index (χ4n) is 2.41. The van der Waals surface area contributed by atoms with Gasteiger partial charge in [-0.2, -0.15) is 10.2 Å². The van der Waals surface area contributed by atoms with Gasteiger partial charge >= 0.3 is 0 Å². The molecule has 2 unspecified atom stereocenters. The minimum atomic E-state index is -1.00. The van der Waals surface area contributed by atoms with Crippen LogP contribution in [-0.2, 0) is 0 Å². The number of nitriles is 1. The minimum absolute atomic E-state index is 0.0335. The maximum atomic E-state index is 13.5. The number of halogens is 2. The van der Waals surface area contributed by atoms with Crippen LogP contribution in [-0.4, -0.2) is 26.7 Å². The van der Waals surface area contributed by atoms with Crippen molar-refractivity contribution in [3.8, 4) is 6.07 Å². The largest absolute Gasteiger partial charge is 0.389 e. The van der Waals surface area contributed by atoms with Gasteiger partial charge in [-0.25, -0.2) is 9.37 Å². The Labute approximate surface area is 115 Å². The summed E-state index contributed by atoms with van der Waals surface area (Å²) in [5.41, 5.74) is -1.00. The van der Waals surface area contributed by atoms with E-state index in [9.17, 15) is 9.50 Å². The number of aromatic nitrogens is 2. The Morgan fingerprint density at radius 1 is 1.68 bits per heavy atom. The summed E-state index contributed by atoms with van der Waals surface area (Å²) in [6, 6.07) is 1.85. The van der Waals surface area contributed by atoms with Crippen molar-refractivity contribution in [1.82, 2.24) is 9.97 Å². The first-order valence-electron chi connectivity index (χ1n) is 6.06. The van der Waals surface area contributed by atoms with E-state index in [-0.39, 0.29) is 23.6 Å². The number of nitrogens with one attached hydrogen (secondary N) is 1. The second kappa shape index (κ2) is 5.68. The first kappa shape index (κ1) is 14.0. The monoisotopic (exact) mass is 284 g/mol. The lowest BCUT2D eigenvalue weighted by Crippen LogP contribution is -2.40. The van der Waals surface area contributed by atoms with Gasteiger partial charge in [-0.3, -0.25) is 0 Å². The molecule has 7 heteroatoms. The molecule has 19 heavy (non-hydrogen) atoms. The standard InChI is InChI=1S/C12H14ClFN4O/c13-11-16-7-9(14)10(18-11)17-8-2-1-3-12(19,6-8)4-5-15/h7-8,19H,1-4,6H2,(H,16,17,18).